The first-order valence-corrected chi connectivity index (χ1v) is 7.87. The Morgan fingerprint density at radius 3 is 2.46 bits per heavy atom. The van der Waals surface area contributed by atoms with E-state index in [1.807, 2.05) is 0 Å². The Kier molecular flexibility index (Phi) is 5.58. The molecule has 1 aromatic carbocycles. The lowest BCUT2D eigenvalue weighted by molar-refractivity contribution is -0.319. The van der Waals surface area contributed by atoms with Crippen LogP contribution in [0.5, 0.6) is 5.75 Å². The Labute approximate surface area is 146 Å². The second-order valence-electron chi connectivity index (χ2n) is 4.74. The van der Waals surface area contributed by atoms with Crippen molar-refractivity contribution < 1.29 is 29.3 Å². The van der Waals surface area contributed by atoms with Gasteiger partial charge in [0.25, 0.3) is 5.91 Å². The van der Waals surface area contributed by atoms with Crippen LogP contribution in [0.3, 0.4) is 0 Å². The molecule has 0 spiro atoms. The van der Waals surface area contributed by atoms with Gasteiger partial charge in [0.1, 0.15) is 10.1 Å². The average Bonchev–Trinajstić information content (AvgIpc) is 2.79. The number of carbonyl (C=O) groups excluding carboxylic acids is 3. The molecule has 24 heavy (non-hydrogen) atoms. The minimum atomic E-state index is -1.71. The number of nitrogens with zero attached hydrogens (tertiary/aromatic N) is 1. The van der Waals surface area contributed by atoms with Crippen LogP contribution in [0.4, 0.5) is 0 Å². The summed E-state index contributed by atoms with van der Waals surface area (Å²) in [5.74, 6) is -3.36. The molecule has 126 valence electrons. The molecule has 1 amide bonds. The van der Waals surface area contributed by atoms with E-state index in [-0.39, 0.29) is 9.23 Å². The maximum Gasteiger partial charge on any atom is 0.266 e. The zero-order valence-corrected chi connectivity index (χ0v) is 14.0. The molecule has 1 atom stereocenters. The van der Waals surface area contributed by atoms with Gasteiger partial charge in [0, 0.05) is 12.4 Å². The monoisotopic (exact) mass is 365 g/mol. The van der Waals surface area contributed by atoms with Gasteiger partial charge in [0.05, 0.1) is 24.0 Å². The summed E-state index contributed by atoms with van der Waals surface area (Å²) in [6.45, 7) is 0. The summed E-state index contributed by atoms with van der Waals surface area (Å²) in [6, 6.07) is 5.12. The van der Waals surface area contributed by atoms with Gasteiger partial charge in [-0.2, -0.15) is 0 Å². The fourth-order valence-corrected chi connectivity index (χ4v) is 3.39. The van der Waals surface area contributed by atoms with Crippen molar-refractivity contribution in [1.29, 1.82) is 0 Å². The normalized spacial score (nSPS) is 17.2. The third-order valence-corrected chi connectivity index (χ3v) is 4.51. The highest BCUT2D eigenvalue weighted by Gasteiger charge is 2.37. The van der Waals surface area contributed by atoms with Crippen LogP contribution in [0.1, 0.15) is 12.0 Å². The first-order chi connectivity index (χ1) is 11.3. The molecule has 9 heteroatoms. The lowest BCUT2D eigenvalue weighted by Crippen LogP contribution is -2.52. The molecule has 1 fully saturated rings. The Morgan fingerprint density at radius 1 is 1.33 bits per heavy atom. The van der Waals surface area contributed by atoms with Gasteiger partial charge in [0.2, 0.25) is 0 Å². The minimum absolute atomic E-state index is 0.0461. The molecular weight excluding hydrogens is 354 g/mol. The molecule has 1 unspecified atom stereocenters. The number of benzene rings is 1. The Balaban J connectivity index is 2.27. The number of carboxylic acids is 2. The number of rotatable bonds is 6. The van der Waals surface area contributed by atoms with Gasteiger partial charge in [-0.25, -0.2) is 0 Å². The van der Waals surface area contributed by atoms with Crippen molar-refractivity contribution in [2.24, 2.45) is 0 Å². The summed E-state index contributed by atoms with van der Waals surface area (Å²) in [6.07, 6.45) is 0.634. The molecule has 1 aromatic rings. The number of carbonyl (C=O) groups is 3. The molecule has 0 aliphatic carbocycles. The Morgan fingerprint density at radius 2 is 1.96 bits per heavy atom. The number of ether oxygens (including phenoxy) is 1. The van der Waals surface area contributed by atoms with Crippen LogP contribution in [-0.4, -0.2) is 40.2 Å². The predicted molar refractivity (Wildman–Crippen MR) is 86.4 cm³/mol. The summed E-state index contributed by atoms with van der Waals surface area (Å²) in [5, 5.41) is 21.9. The third kappa shape index (κ3) is 3.92. The number of hydrogen-bond acceptors (Lipinski definition) is 8. The van der Waals surface area contributed by atoms with Crippen LogP contribution in [-0.2, 0) is 14.4 Å². The van der Waals surface area contributed by atoms with E-state index >= 15 is 0 Å². The number of carboxylic acid groups (broad SMARTS) is 2. The van der Waals surface area contributed by atoms with Crippen LogP contribution in [0.25, 0.3) is 6.08 Å². The standard InChI is InChI=1S/C15H13NO6S2/c1-22-9-4-2-8(3-5-9)6-11-13(19)16(15(23)24-11)10(14(20)21)7-12(17)18/h2-6,10H,7H2,1H3,(H,17,18)(H,20,21)/p-2. The number of hydrogen-bond donors (Lipinski definition) is 0. The van der Waals surface area contributed by atoms with Crippen molar-refractivity contribution >= 4 is 52.2 Å². The largest absolute Gasteiger partial charge is 0.550 e. The second-order valence-corrected chi connectivity index (χ2v) is 6.41. The van der Waals surface area contributed by atoms with E-state index in [2.05, 4.69) is 0 Å². The van der Waals surface area contributed by atoms with Crippen LogP contribution in [0, 0.1) is 0 Å². The van der Waals surface area contributed by atoms with E-state index in [1.54, 1.807) is 24.3 Å². The molecule has 7 nitrogen and oxygen atoms in total. The number of amides is 1. The fourth-order valence-electron chi connectivity index (χ4n) is 2.04. The summed E-state index contributed by atoms with van der Waals surface area (Å²) in [5.41, 5.74) is 0.682. The molecule has 1 heterocycles. The highest BCUT2D eigenvalue weighted by atomic mass is 32.2. The van der Waals surface area contributed by atoms with Crippen molar-refractivity contribution in [3.63, 3.8) is 0 Å². The molecule has 1 saturated heterocycles. The highest BCUT2D eigenvalue weighted by Crippen LogP contribution is 2.34. The summed E-state index contributed by atoms with van der Waals surface area (Å²) < 4.78 is 4.99. The van der Waals surface area contributed by atoms with Crippen LogP contribution in [0.15, 0.2) is 29.2 Å². The van der Waals surface area contributed by atoms with Crippen LogP contribution in [0.2, 0.25) is 0 Å². The number of aliphatic carboxylic acids is 2. The molecular formula is C15H11NO6S2-2. The number of methoxy groups -OCH3 is 1. The fraction of sp³-hybridized carbons (Fsp3) is 0.200. The van der Waals surface area contributed by atoms with E-state index in [1.165, 1.54) is 13.2 Å². The summed E-state index contributed by atoms with van der Waals surface area (Å²) in [7, 11) is 1.53. The molecule has 1 aliphatic rings. The van der Waals surface area contributed by atoms with E-state index in [0.717, 1.165) is 16.7 Å². The van der Waals surface area contributed by atoms with Crippen molar-refractivity contribution in [3.05, 3.63) is 34.7 Å². The molecule has 1 aliphatic heterocycles. The SMILES string of the molecule is COc1ccc(C=C2SC(=S)N(C(CC(=O)[O-])C(=O)[O-])C2=O)cc1. The molecule has 0 radical (unpaired) electrons. The van der Waals surface area contributed by atoms with Gasteiger partial charge in [-0.3, -0.25) is 9.69 Å². The Hall–Kier alpha value is -2.39. The van der Waals surface area contributed by atoms with E-state index in [4.69, 9.17) is 17.0 Å². The van der Waals surface area contributed by atoms with Gasteiger partial charge >= 0.3 is 0 Å². The average molecular weight is 365 g/mol. The van der Waals surface area contributed by atoms with E-state index < -0.39 is 30.3 Å². The van der Waals surface area contributed by atoms with Crippen molar-refractivity contribution in [1.82, 2.24) is 4.90 Å². The van der Waals surface area contributed by atoms with E-state index in [9.17, 15) is 24.6 Å². The highest BCUT2D eigenvalue weighted by molar-refractivity contribution is 8.26. The summed E-state index contributed by atoms with van der Waals surface area (Å²) >= 11 is 5.89. The number of thioether (sulfide) groups is 1. The van der Waals surface area contributed by atoms with Crippen LogP contribution >= 0.6 is 24.0 Å². The van der Waals surface area contributed by atoms with Crippen LogP contribution < -0.4 is 14.9 Å². The first-order valence-electron chi connectivity index (χ1n) is 6.65. The molecule has 0 bridgehead atoms. The quantitative estimate of drug-likeness (QED) is 0.474. The lowest BCUT2D eigenvalue weighted by Gasteiger charge is -2.27. The van der Waals surface area contributed by atoms with Gasteiger partial charge < -0.3 is 24.5 Å². The maximum absolute atomic E-state index is 12.4. The molecule has 0 N–H and O–H groups in total. The summed E-state index contributed by atoms with van der Waals surface area (Å²) in [4.78, 5) is 35.2. The minimum Gasteiger partial charge on any atom is -0.550 e. The van der Waals surface area contributed by atoms with Gasteiger partial charge in [0.15, 0.2) is 0 Å². The predicted octanol–water partition coefficient (Wildman–Crippen LogP) is -0.845. The van der Waals surface area contributed by atoms with Gasteiger partial charge in [-0.1, -0.05) is 36.1 Å². The number of thiocarbonyl (C=S) groups is 1. The first kappa shape index (κ1) is 18.0. The maximum atomic E-state index is 12.4. The molecule has 0 saturated carbocycles. The third-order valence-electron chi connectivity index (χ3n) is 3.18. The lowest BCUT2D eigenvalue weighted by atomic mass is 10.1. The zero-order valence-electron chi connectivity index (χ0n) is 12.4. The van der Waals surface area contributed by atoms with Gasteiger partial charge in [-0.15, -0.1) is 0 Å². The topological polar surface area (TPSA) is 110 Å². The van der Waals surface area contributed by atoms with Gasteiger partial charge in [-0.05, 0) is 23.8 Å². The smallest absolute Gasteiger partial charge is 0.266 e. The van der Waals surface area contributed by atoms with E-state index in [0.29, 0.717) is 11.3 Å². The Bertz CT molecular complexity index is 728. The van der Waals surface area contributed by atoms with Crippen molar-refractivity contribution in [3.8, 4) is 5.75 Å². The molecule has 0 aromatic heterocycles. The second kappa shape index (κ2) is 7.45. The zero-order chi connectivity index (χ0) is 17.9. The molecule has 2 rings (SSSR count). The van der Waals surface area contributed by atoms with Crippen molar-refractivity contribution in [2.75, 3.05) is 7.11 Å². The van der Waals surface area contributed by atoms with Crippen molar-refractivity contribution in [2.45, 2.75) is 12.5 Å².